The number of Topliss-reactive ketones (excluding diaryl/α,β-unsaturated/α-hetero) is 1. The first-order valence-electron chi connectivity index (χ1n) is 14.6. The van der Waals surface area contributed by atoms with Gasteiger partial charge in [0, 0.05) is 42.3 Å². The van der Waals surface area contributed by atoms with Gasteiger partial charge in [0.15, 0.2) is 5.78 Å². The number of carbonyl (C=O) groups excluding carboxylic acids is 4. The molecule has 6 rings (SSSR count). The number of hydrogen-bond acceptors (Lipinski definition) is 5. The number of carbonyl (C=O) groups is 4. The number of likely N-dealkylation sites (tertiary alicyclic amines) is 2. The summed E-state index contributed by atoms with van der Waals surface area (Å²) in [5, 5.41) is 3.77. The van der Waals surface area contributed by atoms with E-state index in [0.717, 1.165) is 10.9 Å². The van der Waals surface area contributed by atoms with Crippen molar-refractivity contribution in [3.63, 3.8) is 0 Å². The van der Waals surface area contributed by atoms with E-state index < -0.39 is 11.3 Å². The van der Waals surface area contributed by atoms with E-state index >= 15 is 0 Å². The summed E-state index contributed by atoms with van der Waals surface area (Å²) in [7, 11) is 0. The molecule has 0 aliphatic carbocycles. The van der Waals surface area contributed by atoms with E-state index in [0.29, 0.717) is 36.5 Å². The van der Waals surface area contributed by atoms with Gasteiger partial charge in [-0.3, -0.25) is 24.2 Å². The van der Waals surface area contributed by atoms with Crippen molar-refractivity contribution in [2.75, 3.05) is 18.4 Å². The number of rotatable bonds is 7. The number of fused-ring (bicyclic) bond motifs is 3. The monoisotopic (exact) mass is 577 g/mol. The van der Waals surface area contributed by atoms with Gasteiger partial charge in [0.1, 0.15) is 5.69 Å². The predicted octanol–water partition coefficient (Wildman–Crippen LogP) is 5.18. The first-order valence-corrected chi connectivity index (χ1v) is 14.6. The Morgan fingerprint density at radius 1 is 0.930 bits per heavy atom. The summed E-state index contributed by atoms with van der Waals surface area (Å²) in [6, 6.07) is 21.7. The van der Waals surface area contributed by atoms with Gasteiger partial charge in [-0.05, 0) is 48.2 Å². The molecule has 2 bridgehead atoms. The smallest absolute Gasteiger partial charge is 0.272 e. The molecule has 2 aliphatic heterocycles. The lowest BCUT2D eigenvalue weighted by Crippen LogP contribution is -2.53. The van der Waals surface area contributed by atoms with Gasteiger partial charge in [-0.2, -0.15) is 0 Å². The molecule has 0 unspecified atom stereocenters. The van der Waals surface area contributed by atoms with Crippen molar-refractivity contribution in [3.8, 4) is 0 Å². The second-order valence-electron chi connectivity index (χ2n) is 12.6. The van der Waals surface area contributed by atoms with Crippen LogP contribution in [0.1, 0.15) is 64.9 Å². The molecule has 9 heteroatoms. The zero-order valence-corrected chi connectivity index (χ0v) is 24.5. The number of amides is 3. The Balaban J connectivity index is 1.10. The maximum atomic E-state index is 13.9. The number of nitrogens with zero attached hydrogens (tertiary/aromatic N) is 3. The normalized spacial score (nSPS) is 18.6. The van der Waals surface area contributed by atoms with Crippen molar-refractivity contribution < 1.29 is 19.2 Å². The minimum atomic E-state index is -0.494. The zero-order chi connectivity index (χ0) is 30.3. The van der Waals surface area contributed by atoms with Gasteiger partial charge >= 0.3 is 0 Å². The number of benzene rings is 2. The summed E-state index contributed by atoms with van der Waals surface area (Å²) in [5.41, 5.74) is 2.28. The molecule has 2 N–H and O–H groups in total. The van der Waals surface area contributed by atoms with Crippen LogP contribution in [0.3, 0.4) is 0 Å². The van der Waals surface area contributed by atoms with Crippen molar-refractivity contribution in [3.05, 3.63) is 95.9 Å². The summed E-state index contributed by atoms with van der Waals surface area (Å²) in [6.07, 6.45) is 2.22. The van der Waals surface area contributed by atoms with Crippen LogP contribution in [0.5, 0.6) is 0 Å². The number of hydrogen-bond donors (Lipinski definition) is 2. The molecular formula is C34H35N5O4. The van der Waals surface area contributed by atoms with Crippen LogP contribution in [-0.2, 0) is 4.79 Å². The minimum Gasteiger partial charge on any atom is -0.352 e. The van der Waals surface area contributed by atoms with E-state index in [1.54, 1.807) is 29.2 Å². The molecule has 3 amide bonds. The number of ketones is 1. The summed E-state index contributed by atoms with van der Waals surface area (Å²) in [4.78, 5) is 64.3. The fourth-order valence-electron chi connectivity index (χ4n) is 6.20. The fraction of sp³-hybridized carbons (Fsp3) is 0.324. The van der Waals surface area contributed by atoms with Crippen molar-refractivity contribution in [1.82, 2.24) is 19.8 Å². The van der Waals surface area contributed by atoms with Crippen LogP contribution in [-0.4, -0.2) is 68.4 Å². The zero-order valence-electron chi connectivity index (χ0n) is 24.5. The van der Waals surface area contributed by atoms with Gasteiger partial charge in [0.2, 0.25) is 5.91 Å². The van der Waals surface area contributed by atoms with Crippen LogP contribution in [0.15, 0.2) is 79.0 Å². The third-order valence-corrected chi connectivity index (χ3v) is 8.62. The SMILES string of the molecule is CC(C)(C)[C@H](CC(=O)c1cc2ccccc2[nH]1)C(=O)N1C[C@@H]2C[C@H]1CN2C(=O)c1ccc(C(=O)Nc2ccccc2)cn1. The van der Waals surface area contributed by atoms with Gasteiger partial charge in [-0.25, -0.2) is 0 Å². The molecule has 2 saturated heterocycles. The van der Waals surface area contributed by atoms with Crippen molar-refractivity contribution in [2.24, 2.45) is 11.3 Å². The average molecular weight is 578 g/mol. The number of para-hydroxylation sites is 2. The minimum absolute atomic E-state index is 0.0385. The first-order chi connectivity index (χ1) is 20.6. The van der Waals surface area contributed by atoms with E-state index in [9.17, 15) is 19.2 Å². The Bertz CT molecular complexity index is 1660. The van der Waals surface area contributed by atoms with Crippen molar-refractivity contribution in [2.45, 2.75) is 45.7 Å². The third-order valence-electron chi connectivity index (χ3n) is 8.62. The predicted molar refractivity (Wildman–Crippen MR) is 164 cm³/mol. The largest absolute Gasteiger partial charge is 0.352 e. The molecule has 0 saturated carbocycles. The van der Waals surface area contributed by atoms with Gasteiger partial charge in [-0.1, -0.05) is 57.2 Å². The van der Waals surface area contributed by atoms with Gasteiger partial charge < -0.3 is 20.1 Å². The van der Waals surface area contributed by atoms with E-state index in [4.69, 9.17) is 0 Å². The lowest BCUT2D eigenvalue weighted by Gasteiger charge is -2.39. The maximum Gasteiger partial charge on any atom is 0.272 e. The van der Waals surface area contributed by atoms with E-state index in [2.05, 4.69) is 15.3 Å². The first kappa shape index (κ1) is 28.3. The van der Waals surface area contributed by atoms with Crippen LogP contribution < -0.4 is 5.32 Å². The number of anilines is 1. The Morgan fingerprint density at radius 2 is 1.63 bits per heavy atom. The highest BCUT2D eigenvalue weighted by molar-refractivity contribution is 6.04. The second-order valence-corrected chi connectivity index (χ2v) is 12.6. The third kappa shape index (κ3) is 5.67. The molecule has 3 atom stereocenters. The van der Waals surface area contributed by atoms with Crippen molar-refractivity contribution in [1.29, 1.82) is 0 Å². The lowest BCUT2D eigenvalue weighted by molar-refractivity contribution is -0.141. The fourth-order valence-corrected chi connectivity index (χ4v) is 6.20. The lowest BCUT2D eigenvalue weighted by atomic mass is 9.76. The molecule has 2 fully saturated rings. The number of pyridine rings is 1. The molecule has 220 valence electrons. The van der Waals surface area contributed by atoms with Crippen LogP contribution >= 0.6 is 0 Å². The van der Waals surface area contributed by atoms with Gasteiger partial charge in [0.25, 0.3) is 11.8 Å². The van der Waals surface area contributed by atoms with E-state index in [-0.39, 0.29) is 47.7 Å². The summed E-state index contributed by atoms with van der Waals surface area (Å²) in [6.45, 7) is 6.83. The molecule has 43 heavy (non-hydrogen) atoms. The highest BCUT2D eigenvalue weighted by Crippen LogP contribution is 2.38. The molecule has 2 aromatic carbocycles. The van der Waals surface area contributed by atoms with Crippen LogP contribution in [0.4, 0.5) is 5.69 Å². The van der Waals surface area contributed by atoms with Crippen LogP contribution in [0.2, 0.25) is 0 Å². The van der Waals surface area contributed by atoms with Gasteiger partial charge in [0.05, 0.1) is 29.3 Å². The number of aromatic amines is 1. The highest BCUT2D eigenvalue weighted by Gasteiger charge is 2.50. The second kappa shape index (κ2) is 11.1. The number of piperazine rings is 1. The quantitative estimate of drug-likeness (QED) is 0.294. The summed E-state index contributed by atoms with van der Waals surface area (Å²) >= 11 is 0. The topological polar surface area (TPSA) is 115 Å². The van der Waals surface area contributed by atoms with Crippen LogP contribution in [0, 0.1) is 11.3 Å². The molecular weight excluding hydrogens is 542 g/mol. The molecule has 0 radical (unpaired) electrons. The van der Waals surface area contributed by atoms with E-state index in [1.165, 1.54) is 6.20 Å². The van der Waals surface area contributed by atoms with Crippen molar-refractivity contribution >= 4 is 40.1 Å². The standard InChI is InChI=1S/C34H35N5O4/c1-34(2,3)26(17-30(40)29-15-21-9-7-8-12-27(21)37-29)32(42)38-19-25-16-24(38)20-39(25)33(43)28-14-13-22(18-35-28)31(41)36-23-10-5-4-6-11-23/h4-15,18,24-26,37H,16-17,19-20H2,1-3H3,(H,36,41)/t24-,25-,26+/m0/s1. The Morgan fingerprint density at radius 3 is 2.28 bits per heavy atom. The highest BCUT2D eigenvalue weighted by atomic mass is 16.2. The van der Waals surface area contributed by atoms with Gasteiger partial charge in [-0.15, -0.1) is 0 Å². The molecule has 2 aromatic heterocycles. The summed E-state index contributed by atoms with van der Waals surface area (Å²) < 4.78 is 0. The molecule has 2 aliphatic rings. The number of aromatic nitrogens is 2. The van der Waals surface area contributed by atoms with Crippen LogP contribution in [0.25, 0.3) is 10.9 Å². The molecule has 4 aromatic rings. The maximum absolute atomic E-state index is 13.9. The molecule has 0 spiro atoms. The Labute approximate surface area is 250 Å². The molecule has 9 nitrogen and oxygen atoms in total. The number of nitrogens with one attached hydrogen (secondary N) is 2. The summed E-state index contributed by atoms with van der Waals surface area (Å²) in [5.74, 6) is -1.13. The average Bonchev–Trinajstić information content (AvgIpc) is 3.74. The molecule has 4 heterocycles. The van der Waals surface area contributed by atoms with E-state index in [1.807, 2.05) is 74.2 Å². The Hall–Kier alpha value is -4.79. The Kier molecular flexibility index (Phi) is 7.33. The number of H-pyrrole nitrogens is 1.